The lowest BCUT2D eigenvalue weighted by Gasteiger charge is -2.25. The van der Waals surface area contributed by atoms with Gasteiger partial charge in [-0.1, -0.05) is 60.2 Å². The lowest BCUT2D eigenvalue weighted by Crippen LogP contribution is -2.54. The highest BCUT2D eigenvalue weighted by atomic mass is 28.3. The summed E-state index contributed by atoms with van der Waals surface area (Å²) in [4.78, 5) is 0. The molecule has 6 aromatic rings. The van der Waals surface area contributed by atoms with Gasteiger partial charge in [0.25, 0.3) is 0 Å². The summed E-state index contributed by atoms with van der Waals surface area (Å²) in [6.07, 6.45) is 0. The van der Waals surface area contributed by atoms with E-state index in [1.54, 1.807) is 13.0 Å². The number of pyridine rings is 1. The minimum Gasteiger partial charge on any atom is -0.455 e. The second kappa shape index (κ2) is 8.64. The van der Waals surface area contributed by atoms with E-state index in [1.165, 1.54) is 38.0 Å². The van der Waals surface area contributed by atoms with Crippen molar-refractivity contribution in [2.24, 2.45) is 7.05 Å². The van der Waals surface area contributed by atoms with Crippen LogP contribution in [0.5, 0.6) is 0 Å². The molecule has 0 amide bonds. The summed E-state index contributed by atoms with van der Waals surface area (Å²) in [5.74, 6) is -0.240. The molecule has 0 aliphatic carbocycles. The molecule has 38 heavy (non-hydrogen) atoms. The fraction of sp³-hybridized carbons (Fsp3) is 0.206. The molecule has 0 N–H and O–H groups in total. The van der Waals surface area contributed by atoms with Crippen LogP contribution in [0.1, 0.15) is 22.3 Å². The van der Waals surface area contributed by atoms with Crippen LogP contribution in [0.3, 0.4) is 0 Å². The number of hydrogen-bond acceptors (Lipinski definition) is 1. The van der Waals surface area contributed by atoms with Crippen molar-refractivity contribution in [1.82, 2.24) is 0 Å². The van der Waals surface area contributed by atoms with Gasteiger partial charge in [-0.05, 0) is 68.3 Å². The van der Waals surface area contributed by atoms with Gasteiger partial charge in [-0.15, -0.1) is 0 Å². The van der Waals surface area contributed by atoms with Crippen LogP contribution >= 0.6 is 0 Å². The van der Waals surface area contributed by atoms with Gasteiger partial charge in [0.2, 0.25) is 11.2 Å². The number of hydrogen-bond donors (Lipinski definition) is 0. The van der Waals surface area contributed by atoms with Gasteiger partial charge in [-0.3, -0.25) is 0 Å². The number of fused-ring (bicyclic) bond motifs is 4. The molecule has 0 unspecified atom stereocenters. The van der Waals surface area contributed by atoms with Crippen LogP contribution in [0.4, 0.5) is 4.39 Å². The Balaban J connectivity index is 1.77. The molecule has 4 aromatic carbocycles. The third-order valence-electron chi connectivity index (χ3n) is 8.50. The average molecular weight is 519 g/mol. The third-order valence-corrected chi connectivity index (χ3v) is 12.0. The molecule has 2 nitrogen and oxygen atoms in total. The number of furan rings is 1. The maximum atomic E-state index is 14.5. The van der Waals surface area contributed by atoms with Gasteiger partial charge in [0.05, 0.1) is 5.56 Å². The first-order valence-electron chi connectivity index (χ1n) is 13.2. The van der Waals surface area contributed by atoms with Gasteiger partial charge in [0.15, 0.2) is 0 Å². The molecule has 2 heterocycles. The molecule has 0 aliphatic heterocycles. The molecule has 0 atom stereocenters. The largest absolute Gasteiger partial charge is 0.455 e. The predicted octanol–water partition coefficient (Wildman–Crippen LogP) is 7.43. The van der Waals surface area contributed by atoms with E-state index in [2.05, 4.69) is 106 Å². The highest BCUT2D eigenvalue weighted by molar-refractivity contribution is 7.01. The van der Waals surface area contributed by atoms with Crippen molar-refractivity contribution < 1.29 is 13.4 Å². The van der Waals surface area contributed by atoms with Crippen LogP contribution in [0, 0.1) is 33.5 Å². The molecule has 0 spiro atoms. The normalized spacial score (nSPS) is 12.2. The van der Waals surface area contributed by atoms with Crippen LogP contribution in [-0.2, 0) is 7.05 Å². The van der Waals surface area contributed by atoms with Gasteiger partial charge in [0.1, 0.15) is 32.1 Å². The molecular weight excluding hydrogens is 485 g/mol. The highest BCUT2D eigenvalue weighted by Crippen LogP contribution is 2.40. The number of halogens is 1. The van der Waals surface area contributed by atoms with Crippen molar-refractivity contribution in [2.45, 2.75) is 40.8 Å². The molecule has 190 valence electrons. The Kier molecular flexibility index (Phi) is 5.58. The standard InChI is InChI=1S/C34H33FNOSi/c1-20-13-16-29-27(17-20)31(38(6,7)24-11-9-8-10-12-24)19-30(36(29)5)32-22(3)21(2)18-26-25-14-15-28(35)23(4)33(25)37-34(26)32/h8-19H,1-7H3/q+1. The van der Waals surface area contributed by atoms with Crippen LogP contribution in [0.2, 0.25) is 13.1 Å². The molecular formula is C34H33FNOSi+. The summed E-state index contributed by atoms with van der Waals surface area (Å²) in [5, 5.41) is 6.11. The van der Waals surface area contributed by atoms with Crippen molar-refractivity contribution in [3.05, 3.63) is 101 Å². The van der Waals surface area contributed by atoms with E-state index in [0.29, 0.717) is 11.1 Å². The molecule has 0 aliphatic rings. The zero-order chi connectivity index (χ0) is 26.9. The van der Waals surface area contributed by atoms with E-state index in [9.17, 15) is 4.39 Å². The summed E-state index contributed by atoms with van der Waals surface area (Å²) in [6.45, 7) is 13.2. The van der Waals surface area contributed by atoms with E-state index in [-0.39, 0.29) is 5.82 Å². The quantitative estimate of drug-likeness (QED) is 0.176. The monoisotopic (exact) mass is 518 g/mol. The maximum absolute atomic E-state index is 14.5. The Morgan fingerprint density at radius 2 is 1.47 bits per heavy atom. The van der Waals surface area contributed by atoms with Crippen molar-refractivity contribution >= 4 is 51.3 Å². The summed E-state index contributed by atoms with van der Waals surface area (Å²) >= 11 is 0. The van der Waals surface area contributed by atoms with E-state index in [0.717, 1.165) is 27.6 Å². The fourth-order valence-corrected chi connectivity index (χ4v) is 8.69. The minimum absolute atomic E-state index is 0.240. The van der Waals surface area contributed by atoms with Crippen LogP contribution in [0.15, 0.2) is 77.2 Å². The molecule has 6 rings (SSSR count). The Morgan fingerprint density at radius 3 is 2.21 bits per heavy atom. The van der Waals surface area contributed by atoms with E-state index in [4.69, 9.17) is 4.42 Å². The number of aryl methyl sites for hydroxylation is 4. The van der Waals surface area contributed by atoms with E-state index in [1.807, 2.05) is 6.07 Å². The van der Waals surface area contributed by atoms with Gasteiger partial charge < -0.3 is 4.42 Å². The lowest BCUT2D eigenvalue weighted by molar-refractivity contribution is -0.633. The molecule has 0 bridgehead atoms. The first kappa shape index (κ1) is 24.6. The number of rotatable bonds is 3. The molecule has 0 saturated carbocycles. The van der Waals surface area contributed by atoms with Crippen molar-refractivity contribution in [3.8, 4) is 11.3 Å². The highest BCUT2D eigenvalue weighted by Gasteiger charge is 2.33. The SMILES string of the molecule is Cc1ccc2c(c1)c([Si](C)(C)c1ccccc1)cc(-c1c(C)c(C)cc3c1oc1c(C)c(F)ccc13)[n+]2C. The average Bonchev–Trinajstić information content (AvgIpc) is 3.26. The van der Waals surface area contributed by atoms with Gasteiger partial charge in [-0.2, -0.15) is 4.57 Å². The predicted molar refractivity (Wildman–Crippen MR) is 160 cm³/mol. The first-order valence-corrected chi connectivity index (χ1v) is 16.2. The molecule has 2 aromatic heterocycles. The smallest absolute Gasteiger partial charge is 0.216 e. The second-order valence-electron chi connectivity index (χ2n) is 11.2. The molecule has 0 saturated heterocycles. The molecule has 4 heteroatoms. The van der Waals surface area contributed by atoms with Crippen molar-refractivity contribution in [2.75, 3.05) is 0 Å². The van der Waals surface area contributed by atoms with Crippen LogP contribution in [0.25, 0.3) is 44.1 Å². The number of benzene rings is 4. The lowest BCUT2D eigenvalue weighted by atomic mass is 9.95. The molecule has 0 fully saturated rings. The van der Waals surface area contributed by atoms with Gasteiger partial charge in [0, 0.05) is 33.9 Å². The van der Waals surface area contributed by atoms with Crippen molar-refractivity contribution in [1.29, 1.82) is 0 Å². The summed E-state index contributed by atoms with van der Waals surface area (Å²) < 4.78 is 23.4. The zero-order valence-electron chi connectivity index (χ0n) is 23.2. The Morgan fingerprint density at radius 1 is 0.737 bits per heavy atom. The molecule has 0 radical (unpaired) electrons. The first-order chi connectivity index (χ1) is 18.1. The van der Waals surface area contributed by atoms with Gasteiger partial charge in [-0.25, -0.2) is 4.39 Å². The summed E-state index contributed by atoms with van der Waals surface area (Å²) in [5.41, 5.74) is 9.05. The Bertz CT molecular complexity index is 1900. The second-order valence-corrected chi connectivity index (χ2v) is 15.6. The van der Waals surface area contributed by atoms with Crippen LogP contribution in [-0.4, -0.2) is 8.07 Å². The number of nitrogens with zero attached hydrogens (tertiary/aromatic N) is 1. The van der Waals surface area contributed by atoms with E-state index >= 15 is 0 Å². The summed E-state index contributed by atoms with van der Waals surface area (Å²) in [6, 6.07) is 25.7. The Hall–Kier alpha value is -3.76. The maximum Gasteiger partial charge on any atom is 0.216 e. The Labute approximate surface area is 224 Å². The fourth-order valence-electron chi connectivity index (χ4n) is 5.99. The third kappa shape index (κ3) is 3.54. The van der Waals surface area contributed by atoms with Gasteiger partial charge >= 0.3 is 0 Å². The van der Waals surface area contributed by atoms with Crippen LogP contribution < -0.4 is 14.9 Å². The zero-order valence-corrected chi connectivity index (χ0v) is 24.2. The summed E-state index contributed by atoms with van der Waals surface area (Å²) in [7, 11) is 0.0775. The topological polar surface area (TPSA) is 17.0 Å². The number of aromatic nitrogens is 1. The van der Waals surface area contributed by atoms with Crippen molar-refractivity contribution in [3.63, 3.8) is 0 Å². The minimum atomic E-state index is -2.07. The van der Waals surface area contributed by atoms with E-state index < -0.39 is 8.07 Å².